The molecule has 0 fully saturated rings. The molecule has 104 valence electrons. The number of unbranched alkanes of at least 4 members (excludes halogenated alkanes) is 1. The maximum Gasteiger partial charge on any atom is -0.0386 e. The molecule has 3 unspecified atom stereocenters. The van der Waals surface area contributed by atoms with Gasteiger partial charge in [-0.15, -0.1) is 0 Å². The molecule has 0 aliphatic rings. The zero-order chi connectivity index (χ0) is 13.3. The van der Waals surface area contributed by atoms with Crippen molar-refractivity contribution in [2.75, 3.05) is 0 Å². The summed E-state index contributed by atoms with van der Waals surface area (Å²) < 4.78 is 0. The average Bonchev–Trinajstić information content (AvgIpc) is 2.30. The smallest absolute Gasteiger partial charge is 0.0386 e. The zero-order valence-electron chi connectivity index (χ0n) is 13.3. The summed E-state index contributed by atoms with van der Waals surface area (Å²) in [6, 6.07) is 0. The Labute approximate surface area is 111 Å². The van der Waals surface area contributed by atoms with Crippen molar-refractivity contribution >= 4 is 0 Å². The first-order chi connectivity index (χ1) is 8.01. The lowest BCUT2D eigenvalue weighted by Crippen LogP contribution is -2.15. The van der Waals surface area contributed by atoms with Gasteiger partial charge in [0.05, 0.1) is 0 Å². The van der Waals surface area contributed by atoms with Gasteiger partial charge >= 0.3 is 0 Å². The Bertz CT molecular complexity index is 159. The molecule has 0 bridgehead atoms. The summed E-state index contributed by atoms with van der Waals surface area (Å²) in [4.78, 5) is 0. The second-order valence-corrected chi connectivity index (χ2v) is 6.60. The third-order valence-electron chi connectivity index (χ3n) is 4.32. The normalized spacial score (nSPS) is 17.1. The fraction of sp³-hybridized carbons (Fsp3) is 1.00. The van der Waals surface area contributed by atoms with E-state index in [0.29, 0.717) is 0 Å². The van der Waals surface area contributed by atoms with Gasteiger partial charge in [-0.3, -0.25) is 0 Å². The van der Waals surface area contributed by atoms with Crippen molar-refractivity contribution < 1.29 is 0 Å². The Balaban J connectivity index is 4.06. The quantitative estimate of drug-likeness (QED) is 0.420. The molecular weight excluding hydrogens is 204 g/mol. The minimum Gasteiger partial charge on any atom is -0.0654 e. The van der Waals surface area contributed by atoms with Crippen molar-refractivity contribution in [3.8, 4) is 0 Å². The van der Waals surface area contributed by atoms with Crippen LogP contribution in [-0.4, -0.2) is 0 Å². The molecular formula is C17H36. The maximum absolute atomic E-state index is 2.49. The molecule has 0 radical (unpaired) electrons. The monoisotopic (exact) mass is 240 g/mol. The highest BCUT2D eigenvalue weighted by atomic mass is 14.2. The fourth-order valence-electron chi connectivity index (χ4n) is 2.69. The summed E-state index contributed by atoms with van der Waals surface area (Å²) in [7, 11) is 0. The Morgan fingerprint density at radius 1 is 0.824 bits per heavy atom. The first kappa shape index (κ1) is 17.0. The Morgan fingerprint density at radius 2 is 1.47 bits per heavy atom. The van der Waals surface area contributed by atoms with Gasteiger partial charge in [0.2, 0.25) is 0 Å². The van der Waals surface area contributed by atoms with Crippen molar-refractivity contribution in [2.45, 2.75) is 86.5 Å². The largest absolute Gasteiger partial charge is 0.0654 e. The van der Waals surface area contributed by atoms with Gasteiger partial charge in [0.25, 0.3) is 0 Å². The number of rotatable bonds is 10. The maximum atomic E-state index is 2.49. The van der Waals surface area contributed by atoms with Crippen LogP contribution < -0.4 is 0 Å². The van der Waals surface area contributed by atoms with E-state index in [0.717, 1.165) is 23.7 Å². The van der Waals surface area contributed by atoms with E-state index in [4.69, 9.17) is 0 Å². The number of hydrogen-bond donors (Lipinski definition) is 0. The lowest BCUT2D eigenvalue weighted by molar-refractivity contribution is 0.249. The Hall–Kier alpha value is 0. The molecule has 0 aromatic heterocycles. The summed E-state index contributed by atoms with van der Waals surface area (Å²) in [6.07, 6.45) is 9.88. The lowest BCUT2D eigenvalue weighted by Gasteiger charge is -2.26. The summed E-state index contributed by atoms with van der Waals surface area (Å²) in [6.45, 7) is 14.3. The molecule has 3 atom stereocenters. The van der Waals surface area contributed by atoms with E-state index in [2.05, 4.69) is 41.5 Å². The van der Waals surface area contributed by atoms with Crippen LogP contribution in [0.2, 0.25) is 0 Å². The highest BCUT2D eigenvalue weighted by molar-refractivity contribution is 4.69. The van der Waals surface area contributed by atoms with Crippen LogP contribution in [0.4, 0.5) is 0 Å². The SMILES string of the molecule is CCCCC(CC(C)C)C(C)CCC(C)CC. The van der Waals surface area contributed by atoms with E-state index in [1.54, 1.807) is 0 Å². The summed E-state index contributed by atoms with van der Waals surface area (Å²) in [5.74, 6) is 3.68. The van der Waals surface area contributed by atoms with Crippen LogP contribution in [0, 0.1) is 23.7 Å². The summed E-state index contributed by atoms with van der Waals surface area (Å²) in [5.41, 5.74) is 0. The summed E-state index contributed by atoms with van der Waals surface area (Å²) >= 11 is 0. The van der Waals surface area contributed by atoms with Gasteiger partial charge in [-0.25, -0.2) is 0 Å². The fourth-order valence-corrected chi connectivity index (χ4v) is 2.69. The third kappa shape index (κ3) is 8.69. The minimum atomic E-state index is 0.864. The van der Waals surface area contributed by atoms with E-state index in [-0.39, 0.29) is 0 Å². The van der Waals surface area contributed by atoms with Crippen molar-refractivity contribution in [3.05, 3.63) is 0 Å². The first-order valence-electron chi connectivity index (χ1n) is 8.01. The molecule has 0 aromatic rings. The molecule has 0 N–H and O–H groups in total. The van der Waals surface area contributed by atoms with Gasteiger partial charge in [-0.05, 0) is 30.1 Å². The Kier molecular flexibility index (Phi) is 9.97. The van der Waals surface area contributed by atoms with E-state index >= 15 is 0 Å². The van der Waals surface area contributed by atoms with Gasteiger partial charge in [0.1, 0.15) is 0 Å². The molecule has 0 heterocycles. The molecule has 0 nitrogen and oxygen atoms in total. The minimum absolute atomic E-state index is 0.864. The third-order valence-corrected chi connectivity index (χ3v) is 4.32. The first-order valence-corrected chi connectivity index (χ1v) is 8.01. The van der Waals surface area contributed by atoms with Crippen LogP contribution in [0.15, 0.2) is 0 Å². The van der Waals surface area contributed by atoms with Gasteiger partial charge in [0.15, 0.2) is 0 Å². The van der Waals surface area contributed by atoms with Gasteiger partial charge in [0, 0.05) is 0 Å². The molecule has 0 aliphatic heterocycles. The Morgan fingerprint density at radius 3 is 1.94 bits per heavy atom. The lowest BCUT2D eigenvalue weighted by atomic mass is 9.79. The molecule has 0 aliphatic carbocycles. The molecule has 17 heavy (non-hydrogen) atoms. The van der Waals surface area contributed by atoms with E-state index < -0.39 is 0 Å². The molecule has 0 amide bonds. The molecule has 0 spiro atoms. The predicted molar refractivity (Wildman–Crippen MR) is 80.3 cm³/mol. The van der Waals surface area contributed by atoms with Crippen molar-refractivity contribution in [1.82, 2.24) is 0 Å². The van der Waals surface area contributed by atoms with E-state index in [1.807, 2.05) is 0 Å². The molecule has 0 heteroatoms. The van der Waals surface area contributed by atoms with Crippen LogP contribution in [0.5, 0.6) is 0 Å². The standard InChI is InChI=1S/C17H36/c1-7-9-10-17(13-14(3)4)16(6)12-11-15(5)8-2/h14-17H,7-13H2,1-6H3. The van der Waals surface area contributed by atoms with E-state index in [9.17, 15) is 0 Å². The zero-order valence-corrected chi connectivity index (χ0v) is 13.3. The summed E-state index contributed by atoms with van der Waals surface area (Å²) in [5, 5.41) is 0. The molecule has 0 rings (SSSR count). The molecule has 0 saturated heterocycles. The van der Waals surface area contributed by atoms with Crippen molar-refractivity contribution in [2.24, 2.45) is 23.7 Å². The van der Waals surface area contributed by atoms with Crippen LogP contribution in [-0.2, 0) is 0 Å². The van der Waals surface area contributed by atoms with Crippen LogP contribution in [0.3, 0.4) is 0 Å². The second-order valence-electron chi connectivity index (χ2n) is 6.60. The van der Waals surface area contributed by atoms with Crippen LogP contribution in [0.1, 0.15) is 86.5 Å². The topological polar surface area (TPSA) is 0 Å². The van der Waals surface area contributed by atoms with E-state index in [1.165, 1.54) is 44.9 Å². The van der Waals surface area contributed by atoms with Crippen LogP contribution >= 0.6 is 0 Å². The van der Waals surface area contributed by atoms with Gasteiger partial charge in [-0.1, -0.05) is 80.1 Å². The second kappa shape index (κ2) is 9.97. The highest BCUT2D eigenvalue weighted by Crippen LogP contribution is 2.30. The average molecular weight is 240 g/mol. The van der Waals surface area contributed by atoms with Crippen molar-refractivity contribution in [3.63, 3.8) is 0 Å². The predicted octanol–water partition coefficient (Wildman–Crippen LogP) is 6.30. The van der Waals surface area contributed by atoms with Crippen LogP contribution in [0.25, 0.3) is 0 Å². The number of hydrogen-bond acceptors (Lipinski definition) is 0. The highest BCUT2D eigenvalue weighted by Gasteiger charge is 2.18. The van der Waals surface area contributed by atoms with Crippen molar-refractivity contribution in [1.29, 1.82) is 0 Å². The van der Waals surface area contributed by atoms with Gasteiger partial charge < -0.3 is 0 Å². The van der Waals surface area contributed by atoms with Gasteiger partial charge in [-0.2, -0.15) is 0 Å². The molecule has 0 saturated carbocycles. The molecule has 0 aromatic carbocycles.